The third kappa shape index (κ3) is 4.48. The summed E-state index contributed by atoms with van der Waals surface area (Å²) in [6.45, 7) is 3.42. The summed E-state index contributed by atoms with van der Waals surface area (Å²) < 4.78 is 13.6. The zero-order chi connectivity index (χ0) is 15.6. The predicted molar refractivity (Wildman–Crippen MR) is 107 cm³/mol. The Bertz CT molecular complexity index is 683. The summed E-state index contributed by atoms with van der Waals surface area (Å²) in [6.07, 6.45) is 7.32. The minimum Gasteiger partial charge on any atom is -0.357 e. The summed E-state index contributed by atoms with van der Waals surface area (Å²) in [5.41, 5.74) is 3.68. The van der Waals surface area contributed by atoms with Crippen LogP contribution in [0.5, 0.6) is 0 Å². The van der Waals surface area contributed by atoms with Crippen molar-refractivity contribution in [3.63, 3.8) is 0 Å². The Kier molecular flexibility index (Phi) is 7.56. The molecule has 2 aliphatic rings. The fourth-order valence-corrected chi connectivity index (χ4v) is 4.27. The van der Waals surface area contributed by atoms with E-state index in [1.165, 1.54) is 56.5 Å². The molecule has 1 aliphatic carbocycles. The van der Waals surface area contributed by atoms with Crippen LogP contribution >= 0.6 is 24.8 Å². The van der Waals surface area contributed by atoms with E-state index in [4.69, 9.17) is 0 Å². The molecule has 0 radical (unpaired) electrons. The van der Waals surface area contributed by atoms with Gasteiger partial charge in [-0.25, -0.2) is 4.39 Å². The van der Waals surface area contributed by atoms with E-state index < -0.39 is 0 Å². The van der Waals surface area contributed by atoms with Crippen LogP contribution in [0.25, 0.3) is 10.9 Å². The van der Waals surface area contributed by atoms with Gasteiger partial charge in [0, 0.05) is 22.6 Å². The van der Waals surface area contributed by atoms with Gasteiger partial charge in [0.15, 0.2) is 0 Å². The van der Waals surface area contributed by atoms with Crippen LogP contribution in [0.1, 0.15) is 49.4 Å². The number of hydrogen-bond donors (Lipinski definition) is 3. The smallest absolute Gasteiger partial charge is 0.123 e. The molecule has 2 aromatic rings. The number of H-pyrrole nitrogens is 1. The Labute approximate surface area is 161 Å². The molecule has 1 aromatic carbocycles. The molecule has 0 amide bonds. The van der Waals surface area contributed by atoms with E-state index >= 15 is 0 Å². The molecule has 1 fully saturated rings. The number of fused-ring (bicyclic) bond motifs is 3. The fourth-order valence-electron chi connectivity index (χ4n) is 4.27. The topological polar surface area (TPSA) is 39.9 Å². The van der Waals surface area contributed by atoms with Gasteiger partial charge in [0.1, 0.15) is 5.82 Å². The number of aromatic amines is 1. The molecule has 2 atom stereocenters. The molecule has 3 nitrogen and oxygen atoms in total. The van der Waals surface area contributed by atoms with E-state index in [0.29, 0.717) is 6.04 Å². The maximum atomic E-state index is 13.6. The van der Waals surface area contributed by atoms with Gasteiger partial charge in [-0.2, -0.15) is 0 Å². The highest BCUT2D eigenvalue weighted by Crippen LogP contribution is 2.35. The van der Waals surface area contributed by atoms with Gasteiger partial charge in [0.2, 0.25) is 0 Å². The molecular weight excluding hydrogens is 360 g/mol. The van der Waals surface area contributed by atoms with E-state index in [9.17, 15) is 4.39 Å². The van der Waals surface area contributed by atoms with Crippen molar-refractivity contribution in [2.75, 3.05) is 19.6 Å². The van der Waals surface area contributed by atoms with E-state index in [1.807, 2.05) is 6.07 Å². The highest BCUT2D eigenvalue weighted by molar-refractivity contribution is 5.86. The number of aryl methyl sites for hydroxylation is 1. The molecule has 1 aliphatic heterocycles. The van der Waals surface area contributed by atoms with Gasteiger partial charge in [-0.15, -0.1) is 24.8 Å². The molecule has 1 saturated heterocycles. The highest BCUT2D eigenvalue weighted by Gasteiger charge is 2.24. The third-order valence-corrected chi connectivity index (χ3v) is 5.51. The van der Waals surface area contributed by atoms with Crippen molar-refractivity contribution in [1.29, 1.82) is 0 Å². The van der Waals surface area contributed by atoms with Crippen LogP contribution in [0, 0.1) is 11.7 Å². The second-order valence-corrected chi connectivity index (χ2v) is 7.11. The maximum Gasteiger partial charge on any atom is 0.123 e. The number of halogens is 3. The van der Waals surface area contributed by atoms with Crippen molar-refractivity contribution in [3.8, 4) is 0 Å². The fraction of sp³-hybridized carbons (Fsp3) is 0.579. The molecule has 25 heavy (non-hydrogen) atoms. The number of piperidine rings is 1. The highest BCUT2D eigenvalue weighted by atomic mass is 35.5. The molecule has 6 heteroatoms. The normalized spacial score (nSPS) is 22.8. The lowest BCUT2D eigenvalue weighted by molar-refractivity contribution is 0.338. The van der Waals surface area contributed by atoms with Crippen LogP contribution in [0.2, 0.25) is 0 Å². The van der Waals surface area contributed by atoms with Crippen LogP contribution in [0.4, 0.5) is 4.39 Å². The first kappa shape index (κ1) is 20.5. The van der Waals surface area contributed by atoms with Crippen molar-refractivity contribution in [3.05, 3.63) is 35.3 Å². The van der Waals surface area contributed by atoms with E-state index in [1.54, 1.807) is 12.1 Å². The first-order valence-electron chi connectivity index (χ1n) is 9.05. The van der Waals surface area contributed by atoms with Gasteiger partial charge in [-0.3, -0.25) is 0 Å². The van der Waals surface area contributed by atoms with Gasteiger partial charge in [0.05, 0.1) is 0 Å². The largest absolute Gasteiger partial charge is 0.357 e. The van der Waals surface area contributed by atoms with Crippen LogP contribution in [0.15, 0.2) is 18.2 Å². The number of aromatic nitrogens is 1. The van der Waals surface area contributed by atoms with Gasteiger partial charge >= 0.3 is 0 Å². The van der Waals surface area contributed by atoms with E-state index in [-0.39, 0.29) is 30.6 Å². The van der Waals surface area contributed by atoms with Gasteiger partial charge in [-0.1, -0.05) is 0 Å². The molecule has 0 saturated carbocycles. The van der Waals surface area contributed by atoms with Crippen LogP contribution in [-0.4, -0.2) is 24.6 Å². The molecule has 2 heterocycles. The van der Waals surface area contributed by atoms with Gasteiger partial charge in [-0.05, 0) is 87.8 Å². The number of rotatable bonds is 4. The second kappa shape index (κ2) is 9.22. The lowest BCUT2D eigenvalue weighted by Gasteiger charge is -2.26. The Morgan fingerprint density at radius 1 is 1.16 bits per heavy atom. The Morgan fingerprint density at radius 3 is 2.84 bits per heavy atom. The molecule has 4 rings (SSSR count). The quantitative estimate of drug-likeness (QED) is 0.722. The standard InChI is InChI=1S/C19H26FN3.2ClH/c20-14-6-7-17-16(11-14)15-4-1-5-18(19(15)23-17)22-10-8-13-3-2-9-21-12-13;;/h6-7,11,13,18,21-23H,1-5,8-10,12H2;2*1H. The van der Waals surface area contributed by atoms with Gasteiger partial charge < -0.3 is 15.6 Å². The second-order valence-electron chi connectivity index (χ2n) is 7.11. The average molecular weight is 388 g/mol. The average Bonchev–Trinajstić information content (AvgIpc) is 2.95. The SMILES string of the molecule is Cl.Cl.Fc1ccc2[nH]c3c(c2c1)CCCC3NCCC1CCCNC1. The third-order valence-electron chi connectivity index (χ3n) is 5.51. The zero-order valence-corrected chi connectivity index (χ0v) is 16.1. The summed E-state index contributed by atoms with van der Waals surface area (Å²) in [7, 11) is 0. The van der Waals surface area contributed by atoms with Gasteiger partial charge in [0.25, 0.3) is 0 Å². The predicted octanol–water partition coefficient (Wildman–Crippen LogP) is 4.51. The molecule has 140 valence electrons. The molecule has 3 N–H and O–H groups in total. The molecule has 2 unspecified atom stereocenters. The van der Waals surface area contributed by atoms with Crippen molar-refractivity contribution >= 4 is 35.7 Å². The Hall–Kier alpha value is -0.810. The van der Waals surface area contributed by atoms with Crippen molar-refractivity contribution in [1.82, 2.24) is 15.6 Å². The summed E-state index contributed by atoms with van der Waals surface area (Å²) in [5, 5.41) is 8.31. The van der Waals surface area contributed by atoms with E-state index in [0.717, 1.165) is 29.8 Å². The van der Waals surface area contributed by atoms with Crippen LogP contribution < -0.4 is 10.6 Å². The molecule has 0 spiro atoms. The first-order valence-corrected chi connectivity index (χ1v) is 9.05. The summed E-state index contributed by atoms with van der Waals surface area (Å²) in [6, 6.07) is 5.49. The Morgan fingerprint density at radius 2 is 2.04 bits per heavy atom. The van der Waals surface area contributed by atoms with E-state index in [2.05, 4.69) is 15.6 Å². The lowest BCUT2D eigenvalue weighted by Crippen LogP contribution is -2.33. The summed E-state index contributed by atoms with van der Waals surface area (Å²) in [4.78, 5) is 3.54. The number of hydrogen-bond acceptors (Lipinski definition) is 2. The minimum atomic E-state index is -0.140. The van der Waals surface area contributed by atoms with Crippen LogP contribution in [0.3, 0.4) is 0 Å². The van der Waals surface area contributed by atoms with Crippen LogP contribution in [-0.2, 0) is 6.42 Å². The minimum absolute atomic E-state index is 0. The number of benzene rings is 1. The van der Waals surface area contributed by atoms with Crippen molar-refractivity contribution in [2.45, 2.75) is 44.6 Å². The molecule has 0 bridgehead atoms. The molecular formula is C19H28Cl2FN3. The summed E-state index contributed by atoms with van der Waals surface area (Å²) >= 11 is 0. The first-order chi connectivity index (χ1) is 11.3. The maximum absolute atomic E-state index is 13.6. The molecule has 1 aromatic heterocycles. The monoisotopic (exact) mass is 387 g/mol. The van der Waals surface area contributed by atoms with Crippen molar-refractivity contribution in [2.24, 2.45) is 5.92 Å². The van der Waals surface area contributed by atoms with Crippen molar-refractivity contribution < 1.29 is 4.39 Å². The zero-order valence-electron chi connectivity index (χ0n) is 14.4. The Balaban J connectivity index is 0.00000113. The number of nitrogens with one attached hydrogen (secondary N) is 3. The summed E-state index contributed by atoms with van der Waals surface area (Å²) in [5.74, 6) is 0.676. The lowest BCUT2D eigenvalue weighted by atomic mass is 9.91.